The topological polar surface area (TPSA) is 130 Å². The molecule has 0 aliphatic rings. The molecule has 10 heteroatoms. The number of unbranched alkanes of at least 4 members (excludes halogenated alkanes) is 14. The van der Waals surface area contributed by atoms with Crippen LogP contribution in [0.15, 0.2) is 9.98 Å². The summed E-state index contributed by atoms with van der Waals surface area (Å²) in [5.74, 6) is -0.933. The van der Waals surface area contributed by atoms with Gasteiger partial charge in [0, 0.05) is 0 Å². The maximum atomic E-state index is 12.7. The Morgan fingerprint density at radius 2 is 0.875 bits per heavy atom. The number of benzene rings is 1. The van der Waals surface area contributed by atoms with Gasteiger partial charge in [0.05, 0.1) is 26.4 Å². The van der Waals surface area contributed by atoms with Crippen LogP contribution in [0.25, 0.3) is 0 Å². The molecule has 0 aliphatic heterocycles. The van der Waals surface area contributed by atoms with Gasteiger partial charge in [-0.1, -0.05) is 104 Å². The number of ether oxygens (including phenoxy) is 4. The summed E-state index contributed by atoms with van der Waals surface area (Å²) in [7, 11) is 0. The second-order valence-corrected chi connectivity index (χ2v) is 12.5. The van der Waals surface area contributed by atoms with Gasteiger partial charge in [-0.3, -0.25) is 0 Å². The van der Waals surface area contributed by atoms with Crippen LogP contribution in [-0.2, 0) is 51.3 Å². The third kappa shape index (κ3) is 16.8. The van der Waals surface area contributed by atoms with Crippen molar-refractivity contribution in [3.8, 4) is 0 Å². The van der Waals surface area contributed by atoms with Crippen LogP contribution in [0, 0.1) is 13.8 Å². The van der Waals surface area contributed by atoms with Crippen molar-refractivity contribution in [2.24, 2.45) is 9.98 Å². The van der Waals surface area contributed by atoms with Crippen molar-refractivity contribution >= 4 is 35.5 Å². The fourth-order valence-electron chi connectivity index (χ4n) is 5.45. The van der Waals surface area contributed by atoms with E-state index in [-0.39, 0.29) is 24.6 Å². The SMILES string of the molecule is CCCCCCCCCCOC(=O)[C@H](C)OCc1c(C)c(N=C=O)c(N=C=O)c(C)c1CO[C@@H](C)C(=O)OCCCCCCCCCC. The Morgan fingerprint density at radius 1 is 0.562 bits per heavy atom. The number of rotatable bonds is 28. The minimum atomic E-state index is -0.858. The zero-order valence-electron chi connectivity index (χ0n) is 30.5. The van der Waals surface area contributed by atoms with Gasteiger partial charge in [0.25, 0.3) is 0 Å². The molecule has 0 N–H and O–H groups in total. The Hall–Kier alpha value is -3.16. The molecule has 1 aromatic rings. The normalized spacial score (nSPS) is 12.1. The van der Waals surface area contributed by atoms with Gasteiger partial charge in [-0.25, -0.2) is 19.2 Å². The number of isocyanates is 2. The lowest BCUT2D eigenvalue weighted by Crippen LogP contribution is -2.25. The van der Waals surface area contributed by atoms with E-state index in [1.165, 1.54) is 76.4 Å². The van der Waals surface area contributed by atoms with Crippen LogP contribution in [0.1, 0.15) is 153 Å². The average Bonchev–Trinajstić information content (AvgIpc) is 3.08. The Morgan fingerprint density at radius 3 is 1.19 bits per heavy atom. The Kier molecular flexibility index (Phi) is 23.9. The highest BCUT2D eigenvalue weighted by atomic mass is 16.6. The lowest BCUT2D eigenvalue weighted by Gasteiger charge is -2.22. The number of carbonyl (C=O) groups is 2. The second kappa shape index (κ2) is 26.8. The molecule has 0 fully saturated rings. The van der Waals surface area contributed by atoms with Crippen LogP contribution in [0.4, 0.5) is 11.4 Å². The van der Waals surface area contributed by atoms with E-state index in [2.05, 4.69) is 23.8 Å². The van der Waals surface area contributed by atoms with E-state index in [9.17, 15) is 19.2 Å². The van der Waals surface area contributed by atoms with Gasteiger partial charge in [0.2, 0.25) is 12.2 Å². The molecule has 0 radical (unpaired) electrons. The molecule has 48 heavy (non-hydrogen) atoms. The quantitative estimate of drug-likeness (QED) is 0.0372. The lowest BCUT2D eigenvalue weighted by atomic mass is 9.94. The summed E-state index contributed by atoms with van der Waals surface area (Å²) in [4.78, 5) is 55.4. The third-order valence-electron chi connectivity index (χ3n) is 8.62. The first kappa shape index (κ1) is 42.9. The first-order chi connectivity index (χ1) is 23.2. The maximum Gasteiger partial charge on any atom is 0.334 e. The van der Waals surface area contributed by atoms with Crippen molar-refractivity contribution in [1.29, 1.82) is 0 Å². The number of hydrogen-bond donors (Lipinski definition) is 0. The van der Waals surface area contributed by atoms with E-state index < -0.39 is 24.1 Å². The molecule has 0 saturated heterocycles. The van der Waals surface area contributed by atoms with Gasteiger partial charge in [-0.05, 0) is 62.8 Å². The second-order valence-electron chi connectivity index (χ2n) is 12.5. The summed E-state index contributed by atoms with van der Waals surface area (Å²) in [6.45, 7) is 11.6. The summed E-state index contributed by atoms with van der Waals surface area (Å²) in [6, 6.07) is 0. The molecule has 1 aromatic carbocycles. The Balaban J connectivity index is 2.83. The number of aliphatic imine (C=N–C) groups is 2. The Bertz CT molecular complexity index is 1100. The molecule has 0 spiro atoms. The molecule has 0 aromatic heterocycles. The number of nitrogens with zero attached hydrogens (tertiary/aromatic N) is 2. The van der Waals surface area contributed by atoms with Crippen molar-refractivity contribution in [3.05, 3.63) is 22.3 Å². The van der Waals surface area contributed by atoms with Crippen molar-refractivity contribution in [1.82, 2.24) is 0 Å². The number of carbonyl (C=O) groups excluding carboxylic acids is 4. The molecule has 1 rings (SSSR count). The molecule has 0 aliphatic carbocycles. The first-order valence-corrected chi connectivity index (χ1v) is 18.1. The highest BCUT2D eigenvalue weighted by Gasteiger charge is 2.24. The molecule has 0 bridgehead atoms. The van der Waals surface area contributed by atoms with Gasteiger partial charge in [-0.15, -0.1) is 0 Å². The zero-order chi connectivity index (χ0) is 35.6. The average molecular weight is 673 g/mol. The summed E-state index contributed by atoms with van der Waals surface area (Å²) >= 11 is 0. The minimum Gasteiger partial charge on any atom is -0.464 e. The number of hydrogen-bond acceptors (Lipinski definition) is 10. The smallest absolute Gasteiger partial charge is 0.334 e. The van der Waals surface area contributed by atoms with Crippen LogP contribution in [0.2, 0.25) is 0 Å². The molecule has 2 atom stereocenters. The highest BCUT2D eigenvalue weighted by molar-refractivity contribution is 5.78. The predicted molar refractivity (Wildman–Crippen MR) is 187 cm³/mol. The molecular weight excluding hydrogens is 612 g/mol. The van der Waals surface area contributed by atoms with Crippen LogP contribution in [-0.4, -0.2) is 49.5 Å². The minimum absolute atomic E-state index is 0.0386. The molecular formula is C38H60N2O8. The maximum absolute atomic E-state index is 12.7. The summed E-state index contributed by atoms with van der Waals surface area (Å²) < 4.78 is 22.8. The van der Waals surface area contributed by atoms with Crippen LogP contribution in [0.5, 0.6) is 0 Å². The van der Waals surface area contributed by atoms with Crippen LogP contribution < -0.4 is 0 Å². The summed E-state index contributed by atoms with van der Waals surface area (Å²) in [5, 5.41) is 0. The van der Waals surface area contributed by atoms with Gasteiger partial charge in [0.1, 0.15) is 11.4 Å². The monoisotopic (exact) mass is 672 g/mol. The lowest BCUT2D eigenvalue weighted by molar-refractivity contribution is -0.158. The molecule has 0 amide bonds. The van der Waals surface area contributed by atoms with E-state index in [0.717, 1.165) is 38.5 Å². The van der Waals surface area contributed by atoms with Crippen LogP contribution >= 0.6 is 0 Å². The molecule has 0 unspecified atom stereocenters. The van der Waals surface area contributed by atoms with Crippen molar-refractivity contribution < 1.29 is 38.1 Å². The predicted octanol–water partition coefficient (Wildman–Crippen LogP) is 9.42. The van der Waals surface area contributed by atoms with Gasteiger partial charge >= 0.3 is 11.9 Å². The fourth-order valence-corrected chi connectivity index (χ4v) is 5.45. The van der Waals surface area contributed by atoms with Crippen LogP contribution in [0.3, 0.4) is 0 Å². The highest BCUT2D eigenvalue weighted by Crippen LogP contribution is 2.40. The van der Waals surface area contributed by atoms with Crippen molar-refractivity contribution in [2.45, 2.75) is 170 Å². The van der Waals surface area contributed by atoms with Gasteiger partial charge in [0.15, 0.2) is 12.2 Å². The first-order valence-electron chi connectivity index (χ1n) is 18.1. The van der Waals surface area contributed by atoms with E-state index in [1.54, 1.807) is 27.7 Å². The molecule has 0 saturated carbocycles. The van der Waals surface area contributed by atoms with Gasteiger partial charge < -0.3 is 18.9 Å². The summed E-state index contributed by atoms with van der Waals surface area (Å²) in [6.07, 6.45) is 19.6. The van der Waals surface area contributed by atoms with E-state index in [0.29, 0.717) is 35.5 Å². The molecule has 10 nitrogen and oxygen atoms in total. The zero-order valence-corrected chi connectivity index (χ0v) is 30.5. The molecule has 0 heterocycles. The Labute approximate surface area is 288 Å². The van der Waals surface area contributed by atoms with Crippen molar-refractivity contribution in [3.63, 3.8) is 0 Å². The third-order valence-corrected chi connectivity index (χ3v) is 8.62. The van der Waals surface area contributed by atoms with E-state index >= 15 is 0 Å². The fraction of sp³-hybridized carbons (Fsp3) is 0.737. The summed E-state index contributed by atoms with van der Waals surface area (Å²) in [5.41, 5.74) is 2.48. The van der Waals surface area contributed by atoms with E-state index in [4.69, 9.17) is 18.9 Å². The largest absolute Gasteiger partial charge is 0.464 e. The van der Waals surface area contributed by atoms with E-state index in [1.807, 2.05) is 0 Å². The van der Waals surface area contributed by atoms with Gasteiger partial charge in [-0.2, -0.15) is 9.98 Å². The standard InChI is InChI=1S/C38H60N2O8/c1-7-9-11-13-15-17-19-21-23-45-37(43)31(5)47-25-33-29(3)35(39-27-41)36(40-28-42)30(4)34(33)26-48-32(6)38(44)46-24-22-20-18-16-14-12-10-8-2/h31-32H,7-26H2,1-6H3/t31-,32-/m0/s1. The number of esters is 2. The van der Waals surface area contributed by atoms with Crippen molar-refractivity contribution in [2.75, 3.05) is 13.2 Å². The molecule has 270 valence electrons.